The average molecular weight is 178 g/mol. The Morgan fingerprint density at radius 3 is 3.00 bits per heavy atom. The Hall–Kier alpha value is -2.11. The number of nitrogens with two attached hydrogens (primary N) is 1. The average Bonchev–Trinajstić information content (AvgIpc) is 2.47. The van der Waals surface area contributed by atoms with Crippen LogP contribution in [0.1, 0.15) is 0 Å². The molecule has 0 aliphatic rings. The fourth-order valence-corrected chi connectivity index (χ4v) is 1.13. The topological polar surface area (TPSA) is 87.0 Å². The fraction of sp³-hybridized carbons (Fsp3) is 0. The molecule has 2 N–H and O–H groups in total. The molecule has 0 spiro atoms. The molecule has 6 heteroatoms. The number of nitrogens with zero attached hydrogens (tertiary/aromatic N) is 3. The monoisotopic (exact) mass is 178 g/mol. The molecule has 13 heavy (non-hydrogen) atoms. The summed E-state index contributed by atoms with van der Waals surface area (Å²) in [6, 6.07) is 4.36. The van der Waals surface area contributed by atoms with E-state index >= 15 is 0 Å². The zero-order valence-electron chi connectivity index (χ0n) is 6.54. The summed E-state index contributed by atoms with van der Waals surface area (Å²) in [7, 11) is 0. The largest absolute Gasteiger partial charge is 0.338 e. The number of rotatable bonds is 1. The highest BCUT2D eigenvalue weighted by molar-refractivity contribution is 5.77. The number of non-ortho nitro benzene ring substituents is 1. The van der Waals surface area contributed by atoms with E-state index in [2.05, 4.69) is 4.98 Å². The van der Waals surface area contributed by atoms with Crippen LogP contribution in [-0.2, 0) is 0 Å². The van der Waals surface area contributed by atoms with Crippen LogP contribution in [0.3, 0.4) is 0 Å². The standard InChI is InChI=1S/C7H6N4O2/c8-10-4-9-6-2-1-5(11(12)13)3-7(6)10/h1-4H,8H2. The zero-order valence-corrected chi connectivity index (χ0v) is 6.54. The molecule has 0 aliphatic heterocycles. The van der Waals surface area contributed by atoms with Gasteiger partial charge >= 0.3 is 0 Å². The number of aromatic nitrogens is 2. The molecular weight excluding hydrogens is 172 g/mol. The van der Waals surface area contributed by atoms with Crippen molar-refractivity contribution in [1.82, 2.24) is 9.66 Å². The molecule has 0 radical (unpaired) electrons. The van der Waals surface area contributed by atoms with Gasteiger partial charge in [-0.3, -0.25) is 10.1 Å². The van der Waals surface area contributed by atoms with Gasteiger partial charge in [0.05, 0.1) is 16.0 Å². The summed E-state index contributed by atoms with van der Waals surface area (Å²) in [5, 5.41) is 10.4. The Bertz CT molecular complexity index is 476. The van der Waals surface area contributed by atoms with Crippen molar-refractivity contribution < 1.29 is 4.92 Å². The molecule has 1 aromatic heterocycles. The Morgan fingerprint density at radius 2 is 2.31 bits per heavy atom. The second kappa shape index (κ2) is 2.44. The lowest BCUT2D eigenvalue weighted by atomic mass is 10.3. The van der Waals surface area contributed by atoms with Gasteiger partial charge in [0.2, 0.25) is 0 Å². The smallest absolute Gasteiger partial charge is 0.271 e. The van der Waals surface area contributed by atoms with Crippen molar-refractivity contribution >= 4 is 16.7 Å². The van der Waals surface area contributed by atoms with Crippen LogP contribution in [0.2, 0.25) is 0 Å². The second-order valence-corrected chi connectivity index (χ2v) is 2.58. The van der Waals surface area contributed by atoms with Crippen molar-refractivity contribution in [2.75, 3.05) is 5.84 Å². The highest BCUT2D eigenvalue weighted by atomic mass is 16.6. The third kappa shape index (κ3) is 1.08. The van der Waals surface area contributed by atoms with Crippen LogP contribution in [0.4, 0.5) is 5.69 Å². The van der Waals surface area contributed by atoms with Crippen molar-refractivity contribution in [2.45, 2.75) is 0 Å². The van der Waals surface area contributed by atoms with Gasteiger partial charge in [0.25, 0.3) is 5.69 Å². The van der Waals surface area contributed by atoms with Gasteiger partial charge in [-0.1, -0.05) is 0 Å². The SMILES string of the molecule is Nn1cnc2ccc([N+](=O)[O-])cc21. The van der Waals surface area contributed by atoms with Gasteiger partial charge in [0.1, 0.15) is 6.33 Å². The van der Waals surface area contributed by atoms with Crippen molar-refractivity contribution in [2.24, 2.45) is 0 Å². The molecule has 2 aromatic rings. The number of nitro groups is 1. The van der Waals surface area contributed by atoms with Crippen molar-refractivity contribution in [3.63, 3.8) is 0 Å². The van der Waals surface area contributed by atoms with Gasteiger partial charge in [-0.15, -0.1) is 0 Å². The van der Waals surface area contributed by atoms with Crippen LogP contribution in [0.25, 0.3) is 11.0 Å². The number of benzene rings is 1. The molecule has 0 saturated carbocycles. The minimum atomic E-state index is -0.466. The summed E-state index contributed by atoms with van der Waals surface area (Å²) in [5.74, 6) is 5.48. The molecule has 0 bridgehead atoms. The Morgan fingerprint density at radius 1 is 1.54 bits per heavy atom. The Labute approximate surface area is 72.7 Å². The van der Waals surface area contributed by atoms with Crippen molar-refractivity contribution in [3.05, 3.63) is 34.6 Å². The predicted molar refractivity (Wildman–Crippen MR) is 46.5 cm³/mol. The number of hydrogen-bond acceptors (Lipinski definition) is 4. The molecule has 1 heterocycles. The van der Waals surface area contributed by atoms with Crippen molar-refractivity contribution in [3.8, 4) is 0 Å². The Kier molecular flexibility index (Phi) is 1.42. The van der Waals surface area contributed by atoms with E-state index in [0.717, 1.165) is 0 Å². The van der Waals surface area contributed by atoms with Crippen LogP contribution in [-0.4, -0.2) is 14.6 Å². The summed E-state index contributed by atoms with van der Waals surface area (Å²) in [5.41, 5.74) is 1.21. The lowest BCUT2D eigenvalue weighted by molar-refractivity contribution is -0.384. The minimum Gasteiger partial charge on any atom is -0.338 e. The van der Waals surface area contributed by atoms with Crippen LogP contribution < -0.4 is 5.84 Å². The van der Waals surface area contributed by atoms with Crippen LogP contribution in [0, 0.1) is 10.1 Å². The maximum atomic E-state index is 10.4. The molecule has 1 aromatic carbocycles. The Balaban J connectivity index is 2.72. The quantitative estimate of drug-likeness (QED) is 0.394. The lowest BCUT2D eigenvalue weighted by Gasteiger charge is -1.93. The first-order valence-electron chi connectivity index (χ1n) is 3.55. The second-order valence-electron chi connectivity index (χ2n) is 2.58. The molecule has 0 aliphatic carbocycles. The van der Waals surface area contributed by atoms with Gasteiger partial charge in [-0.05, 0) is 6.07 Å². The third-order valence-electron chi connectivity index (χ3n) is 1.77. The van der Waals surface area contributed by atoms with E-state index in [1.807, 2.05) is 0 Å². The summed E-state index contributed by atoms with van der Waals surface area (Å²) >= 11 is 0. The number of nitrogen functional groups attached to an aromatic ring is 1. The van der Waals surface area contributed by atoms with Gasteiger partial charge in [0.15, 0.2) is 0 Å². The molecule has 0 unspecified atom stereocenters. The lowest BCUT2D eigenvalue weighted by Crippen LogP contribution is -2.05. The number of fused-ring (bicyclic) bond motifs is 1. The van der Waals surface area contributed by atoms with E-state index < -0.39 is 4.92 Å². The van der Waals surface area contributed by atoms with Crippen LogP contribution in [0.5, 0.6) is 0 Å². The van der Waals surface area contributed by atoms with E-state index in [9.17, 15) is 10.1 Å². The van der Waals surface area contributed by atoms with Crippen LogP contribution in [0.15, 0.2) is 24.5 Å². The third-order valence-corrected chi connectivity index (χ3v) is 1.77. The van der Waals surface area contributed by atoms with Crippen molar-refractivity contribution in [1.29, 1.82) is 0 Å². The minimum absolute atomic E-state index is 0.0136. The normalized spacial score (nSPS) is 10.5. The maximum Gasteiger partial charge on any atom is 0.271 e. The van der Waals surface area contributed by atoms with Gasteiger partial charge in [-0.2, -0.15) is 0 Å². The molecule has 6 nitrogen and oxygen atoms in total. The highest BCUT2D eigenvalue weighted by Crippen LogP contribution is 2.18. The molecule has 0 fully saturated rings. The maximum absolute atomic E-state index is 10.4. The summed E-state index contributed by atoms with van der Waals surface area (Å²) < 4.78 is 1.25. The summed E-state index contributed by atoms with van der Waals surface area (Å²) in [6.07, 6.45) is 1.41. The molecule has 2 rings (SSSR count). The zero-order chi connectivity index (χ0) is 9.42. The molecule has 0 amide bonds. The number of imidazole rings is 1. The number of hydrogen-bond donors (Lipinski definition) is 1. The first-order chi connectivity index (χ1) is 6.18. The first kappa shape index (κ1) is 7.53. The van der Waals surface area contributed by atoms with Gasteiger partial charge < -0.3 is 5.84 Å². The van der Waals surface area contributed by atoms with E-state index in [0.29, 0.717) is 11.0 Å². The fourth-order valence-electron chi connectivity index (χ4n) is 1.13. The summed E-state index contributed by atoms with van der Waals surface area (Å²) in [6.45, 7) is 0. The molecule has 0 atom stereocenters. The molecule has 66 valence electrons. The predicted octanol–water partition coefficient (Wildman–Crippen LogP) is 0.658. The van der Waals surface area contributed by atoms with E-state index in [1.165, 1.54) is 23.1 Å². The van der Waals surface area contributed by atoms with E-state index in [4.69, 9.17) is 5.84 Å². The summed E-state index contributed by atoms with van der Waals surface area (Å²) in [4.78, 5) is 13.9. The van der Waals surface area contributed by atoms with Gasteiger partial charge in [-0.25, -0.2) is 9.66 Å². The van der Waals surface area contributed by atoms with E-state index in [1.54, 1.807) is 6.07 Å². The van der Waals surface area contributed by atoms with E-state index in [-0.39, 0.29) is 5.69 Å². The number of nitro benzene ring substituents is 1. The first-order valence-corrected chi connectivity index (χ1v) is 3.55. The molecular formula is C7H6N4O2. The molecule has 0 saturated heterocycles. The van der Waals surface area contributed by atoms with Crippen LogP contribution >= 0.6 is 0 Å². The van der Waals surface area contributed by atoms with Gasteiger partial charge in [0, 0.05) is 12.1 Å². The highest BCUT2D eigenvalue weighted by Gasteiger charge is 2.08.